The van der Waals surface area contributed by atoms with Gasteiger partial charge in [-0.3, -0.25) is 14.7 Å². The lowest BCUT2D eigenvalue weighted by molar-refractivity contribution is -0.384. The van der Waals surface area contributed by atoms with Gasteiger partial charge in [0, 0.05) is 6.66 Å². The summed E-state index contributed by atoms with van der Waals surface area (Å²) < 4.78 is 16.9. The van der Waals surface area contributed by atoms with Crippen molar-refractivity contribution in [3.05, 3.63) is 32.3 Å². The van der Waals surface area contributed by atoms with Gasteiger partial charge in [-0.25, -0.2) is 0 Å². The first kappa shape index (κ1) is 16.2. The molecule has 0 spiro atoms. The molecule has 0 aliphatic rings. The van der Waals surface area contributed by atoms with E-state index in [4.69, 9.17) is 27.9 Å². The minimum Gasteiger partial charge on any atom is -0.479 e. The zero-order valence-corrected chi connectivity index (χ0v) is 12.6. The van der Waals surface area contributed by atoms with Crippen molar-refractivity contribution in [3.8, 4) is 5.75 Å². The average Bonchev–Trinajstić information content (AvgIpc) is 2.25. The number of nitro groups is 1. The Morgan fingerprint density at radius 3 is 2.47 bits per heavy atom. The molecule has 0 amide bonds. The number of nitrogens with zero attached hydrogens (tertiary/aromatic N) is 1. The van der Waals surface area contributed by atoms with Crippen LogP contribution in [0.25, 0.3) is 0 Å². The van der Waals surface area contributed by atoms with Gasteiger partial charge in [-0.2, -0.15) is 0 Å². The van der Waals surface area contributed by atoms with Crippen LogP contribution in [0.1, 0.15) is 13.3 Å². The number of benzene rings is 1. The summed E-state index contributed by atoms with van der Waals surface area (Å²) in [4.78, 5) is 19.6. The molecule has 0 saturated heterocycles. The highest BCUT2D eigenvalue weighted by Gasteiger charge is 2.28. The van der Waals surface area contributed by atoms with Gasteiger partial charge < -0.3 is 9.63 Å². The smallest absolute Gasteiger partial charge is 0.291 e. The van der Waals surface area contributed by atoms with Crippen LogP contribution in [0.4, 0.5) is 5.69 Å². The SMILES string of the molecule is CCC(Oc1cc([N+](=O)[O-])c(Cl)cc1Cl)P(C)(=O)O. The van der Waals surface area contributed by atoms with Crippen molar-refractivity contribution in [1.29, 1.82) is 0 Å². The fourth-order valence-corrected chi connectivity index (χ4v) is 2.90. The van der Waals surface area contributed by atoms with Gasteiger partial charge in [0.2, 0.25) is 7.37 Å². The molecule has 0 saturated carbocycles. The lowest BCUT2D eigenvalue weighted by atomic mass is 10.3. The number of ether oxygens (including phenoxy) is 1. The summed E-state index contributed by atoms with van der Waals surface area (Å²) in [5, 5.41) is 10.7. The lowest BCUT2D eigenvalue weighted by Gasteiger charge is -2.20. The summed E-state index contributed by atoms with van der Waals surface area (Å²) in [5.41, 5.74) is -0.375. The summed E-state index contributed by atoms with van der Waals surface area (Å²) in [7, 11) is -3.50. The van der Waals surface area contributed by atoms with Crippen LogP contribution in [-0.4, -0.2) is 22.3 Å². The molecule has 0 aliphatic carbocycles. The second kappa shape index (κ2) is 6.09. The molecule has 6 nitrogen and oxygen atoms in total. The van der Waals surface area contributed by atoms with Crippen molar-refractivity contribution in [2.75, 3.05) is 6.66 Å². The van der Waals surface area contributed by atoms with E-state index in [-0.39, 0.29) is 27.9 Å². The first-order chi connectivity index (χ1) is 8.66. The Morgan fingerprint density at radius 1 is 1.47 bits per heavy atom. The van der Waals surface area contributed by atoms with Gasteiger partial charge in [-0.05, 0) is 12.5 Å². The summed E-state index contributed by atoms with van der Waals surface area (Å²) in [5.74, 6) is -1.02. The number of rotatable bonds is 5. The molecule has 0 aromatic heterocycles. The van der Waals surface area contributed by atoms with Crippen LogP contribution < -0.4 is 4.74 Å². The third-order valence-electron chi connectivity index (χ3n) is 2.34. The molecule has 2 unspecified atom stereocenters. The highest BCUT2D eigenvalue weighted by molar-refractivity contribution is 7.57. The maximum absolute atomic E-state index is 11.6. The third-order valence-corrected chi connectivity index (χ3v) is 4.48. The predicted molar refractivity (Wildman–Crippen MR) is 73.6 cm³/mol. The van der Waals surface area contributed by atoms with Gasteiger partial charge >= 0.3 is 0 Å². The van der Waals surface area contributed by atoms with Crippen LogP contribution in [0.5, 0.6) is 5.75 Å². The van der Waals surface area contributed by atoms with Gasteiger partial charge in [0.05, 0.1) is 16.0 Å². The van der Waals surface area contributed by atoms with Crippen molar-refractivity contribution >= 4 is 36.3 Å². The van der Waals surface area contributed by atoms with Crippen molar-refractivity contribution < 1.29 is 19.1 Å². The Balaban J connectivity index is 3.17. The number of hydrogen-bond donors (Lipinski definition) is 1. The Kier molecular flexibility index (Phi) is 5.21. The van der Waals surface area contributed by atoms with Crippen molar-refractivity contribution in [1.82, 2.24) is 0 Å². The second-order valence-electron chi connectivity index (χ2n) is 3.92. The highest BCUT2D eigenvalue weighted by Crippen LogP contribution is 2.46. The molecule has 9 heteroatoms. The molecular weight excluding hydrogens is 316 g/mol. The molecule has 0 bridgehead atoms. The van der Waals surface area contributed by atoms with Crippen LogP contribution in [0.15, 0.2) is 12.1 Å². The monoisotopic (exact) mass is 327 g/mol. The fraction of sp³-hybridized carbons (Fsp3) is 0.400. The Labute approximate surface area is 119 Å². The van der Waals surface area contributed by atoms with Gasteiger partial charge in [0.1, 0.15) is 10.8 Å². The molecule has 1 N–H and O–H groups in total. The van der Waals surface area contributed by atoms with E-state index in [1.54, 1.807) is 6.92 Å². The first-order valence-electron chi connectivity index (χ1n) is 5.26. The van der Waals surface area contributed by atoms with E-state index in [1.807, 2.05) is 0 Å². The normalized spacial score (nSPS) is 15.6. The van der Waals surface area contributed by atoms with E-state index in [9.17, 15) is 19.6 Å². The third kappa shape index (κ3) is 4.08. The second-order valence-corrected chi connectivity index (χ2v) is 7.19. The summed E-state index contributed by atoms with van der Waals surface area (Å²) in [6.07, 6.45) is 0.261. The first-order valence-corrected chi connectivity index (χ1v) is 8.20. The van der Waals surface area contributed by atoms with Gasteiger partial charge in [-0.15, -0.1) is 0 Å². The van der Waals surface area contributed by atoms with E-state index < -0.39 is 18.1 Å². The molecule has 1 rings (SSSR count). The van der Waals surface area contributed by atoms with Crippen molar-refractivity contribution in [2.45, 2.75) is 19.2 Å². The van der Waals surface area contributed by atoms with Crippen molar-refractivity contribution in [3.63, 3.8) is 0 Å². The van der Waals surface area contributed by atoms with Crippen LogP contribution in [-0.2, 0) is 4.57 Å². The largest absolute Gasteiger partial charge is 0.479 e. The molecule has 1 aromatic rings. The average molecular weight is 328 g/mol. The van der Waals surface area contributed by atoms with E-state index in [0.717, 1.165) is 12.7 Å². The Hall–Kier alpha value is -0.810. The van der Waals surface area contributed by atoms with Crippen molar-refractivity contribution in [2.24, 2.45) is 0 Å². The highest BCUT2D eigenvalue weighted by atomic mass is 35.5. The number of hydrogen-bond acceptors (Lipinski definition) is 4. The van der Waals surface area contributed by atoms with Crippen LogP contribution in [0, 0.1) is 10.1 Å². The van der Waals surface area contributed by atoms with E-state index >= 15 is 0 Å². The molecule has 0 fully saturated rings. The topological polar surface area (TPSA) is 89.7 Å². The number of nitro benzene ring substituents is 1. The predicted octanol–water partition coefficient (Wildman–Crippen LogP) is 3.92. The summed E-state index contributed by atoms with van der Waals surface area (Å²) in [6.45, 7) is 2.81. The summed E-state index contributed by atoms with van der Waals surface area (Å²) >= 11 is 11.5. The molecule has 0 heterocycles. The lowest BCUT2D eigenvalue weighted by Crippen LogP contribution is -2.15. The molecule has 1 aromatic carbocycles. The summed E-state index contributed by atoms with van der Waals surface area (Å²) in [6, 6.07) is 2.21. The molecule has 2 atom stereocenters. The molecular formula is C10H12Cl2NO5P. The van der Waals surface area contributed by atoms with E-state index in [2.05, 4.69) is 0 Å². The van der Waals surface area contributed by atoms with E-state index in [1.165, 1.54) is 6.07 Å². The molecule has 0 radical (unpaired) electrons. The van der Waals surface area contributed by atoms with Crippen LogP contribution >= 0.6 is 30.6 Å². The zero-order chi connectivity index (χ0) is 14.8. The van der Waals surface area contributed by atoms with E-state index in [0.29, 0.717) is 0 Å². The zero-order valence-electron chi connectivity index (χ0n) is 10.2. The van der Waals surface area contributed by atoms with Gasteiger partial charge in [-0.1, -0.05) is 30.1 Å². The Bertz CT molecular complexity index is 545. The molecule has 106 valence electrons. The van der Waals surface area contributed by atoms with Crippen LogP contribution in [0.2, 0.25) is 10.0 Å². The Morgan fingerprint density at radius 2 is 2.05 bits per heavy atom. The maximum Gasteiger partial charge on any atom is 0.291 e. The quantitative estimate of drug-likeness (QED) is 0.503. The van der Waals surface area contributed by atoms with Crippen LogP contribution in [0.3, 0.4) is 0 Å². The standard InChI is InChI=1S/C10H12Cl2NO5P/c1-3-10(19(2,16)17)18-9-5-8(13(14)15)6(11)4-7(9)12/h4-5,10H,3H2,1-2H3,(H,16,17). The van der Waals surface area contributed by atoms with Gasteiger partial charge in [0.25, 0.3) is 5.69 Å². The molecule has 19 heavy (non-hydrogen) atoms. The maximum atomic E-state index is 11.6. The minimum absolute atomic E-state index is 0.0410. The fourth-order valence-electron chi connectivity index (χ4n) is 1.42. The van der Waals surface area contributed by atoms with Gasteiger partial charge in [0.15, 0.2) is 5.85 Å². The number of halogens is 2. The molecule has 0 aliphatic heterocycles. The minimum atomic E-state index is -3.50.